The summed E-state index contributed by atoms with van der Waals surface area (Å²) in [6.45, 7) is 2.24. The van der Waals surface area contributed by atoms with E-state index >= 15 is 0 Å². The molecule has 116 valence electrons. The van der Waals surface area contributed by atoms with Gasteiger partial charge in [-0.05, 0) is 42.9 Å². The highest BCUT2D eigenvalue weighted by molar-refractivity contribution is 7.16. The lowest BCUT2D eigenvalue weighted by atomic mass is 9.88. The summed E-state index contributed by atoms with van der Waals surface area (Å²) in [5.74, 6) is 1.16. The number of hydrogen-bond donors (Lipinski definition) is 2. The quantitative estimate of drug-likeness (QED) is 0.907. The fraction of sp³-hybridized carbons (Fsp3) is 0.353. The summed E-state index contributed by atoms with van der Waals surface area (Å²) in [7, 11) is 1.59. The molecule has 4 nitrogen and oxygen atoms in total. The first-order chi connectivity index (χ1) is 10.6. The van der Waals surface area contributed by atoms with Crippen LogP contribution in [0.3, 0.4) is 0 Å². The Morgan fingerprint density at radius 2 is 2.18 bits per heavy atom. The second-order valence-electron chi connectivity index (χ2n) is 5.75. The first-order valence-electron chi connectivity index (χ1n) is 7.44. The van der Waals surface area contributed by atoms with Crippen LogP contribution in [-0.2, 0) is 12.8 Å². The van der Waals surface area contributed by atoms with Crippen molar-refractivity contribution in [3.63, 3.8) is 0 Å². The van der Waals surface area contributed by atoms with Gasteiger partial charge in [-0.1, -0.05) is 19.1 Å². The van der Waals surface area contributed by atoms with E-state index < -0.39 is 0 Å². The average molecular weight is 316 g/mol. The van der Waals surface area contributed by atoms with Crippen LogP contribution in [0.25, 0.3) is 0 Å². The van der Waals surface area contributed by atoms with E-state index in [1.54, 1.807) is 18.4 Å². The Bertz CT molecular complexity index is 709. The molecule has 0 aliphatic heterocycles. The summed E-state index contributed by atoms with van der Waals surface area (Å²) in [6, 6.07) is 7.39. The molecular weight excluding hydrogens is 296 g/mol. The predicted octanol–water partition coefficient (Wildman–Crippen LogP) is 3.72. The number of nitrogens with one attached hydrogen (secondary N) is 1. The van der Waals surface area contributed by atoms with Gasteiger partial charge >= 0.3 is 0 Å². The van der Waals surface area contributed by atoms with E-state index in [0.29, 0.717) is 27.9 Å². The molecule has 0 bridgehead atoms. The summed E-state index contributed by atoms with van der Waals surface area (Å²) in [4.78, 5) is 13.9. The van der Waals surface area contributed by atoms with Gasteiger partial charge in [0.15, 0.2) is 0 Å². The van der Waals surface area contributed by atoms with Crippen LogP contribution in [0.4, 0.5) is 10.7 Å². The van der Waals surface area contributed by atoms with E-state index in [0.717, 1.165) is 24.8 Å². The largest absolute Gasteiger partial charge is 0.495 e. The molecule has 0 saturated carbocycles. The smallest absolute Gasteiger partial charge is 0.259 e. The molecule has 1 aromatic carbocycles. The lowest BCUT2D eigenvalue weighted by Gasteiger charge is -2.18. The zero-order chi connectivity index (χ0) is 15.7. The van der Waals surface area contributed by atoms with Gasteiger partial charge in [0.2, 0.25) is 0 Å². The second-order valence-corrected chi connectivity index (χ2v) is 6.88. The fourth-order valence-electron chi connectivity index (χ4n) is 2.95. The summed E-state index contributed by atoms with van der Waals surface area (Å²) >= 11 is 1.56. The van der Waals surface area contributed by atoms with Crippen molar-refractivity contribution in [2.24, 2.45) is 5.92 Å². The Morgan fingerprint density at radius 3 is 2.95 bits per heavy atom. The number of carbonyl (C=O) groups is 1. The normalized spacial score (nSPS) is 16.9. The van der Waals surface area contributed by atoms with Crippen LogP contribution in [0.2, 0.25) is 0 Å². The monoisotopic (exact) mass is 316 g/mol. The number of nitrogens with two attached hydrogens (primary N) is 1. The van der Waals surface area contributed by atoms with Crippen LogP contribution >= 0.6 is 11.3 Å². The zero-order valence-corrected chi connectivity index (χ0v) is 13.6. The standard InChI is InChI=1S/C17H20N2O2S/c1-10-7-8-11-14(9-10)22-16(18)15(11)17(20)19-12-5-3-4-6-13(12)21-2/h3-6,10H,7-9,18H2,1-2H3,(H,19,20)/t10-/m1/s1. The zero-order valence-electron chi connectivity index (χ0n) is 12.8. The molecule has 1 aliphatic carbocycles. The van der Waals surface area contributed by atoms with Gasteiger partial charge in [0, 0.05) is 4.88 Å². The molecular formula is C17H20N2O2S. The van der Waals surface area contributed by atoms with Crippen molar-refractivity contribution in [1.29, 1.82) is 0 Å². The van der Waals surface area contributed by atoms with Crippen LogP contribution in [0.1, 0.15) is 34.1 Å². The molecule has 3 rings (SSSR count). The summed E-state index contributed by atoms with van der Waals surface area (Å²) in [6.07, 6.45) is 3.06. The summed E-state index contributed by atoms with van der Waals surface area (Å²) < 4.78 is 5.28. The number of ether oxygens (including phenoxy) is 1. The molecule has 1 heterocycles. The Morgan fingerprint density at radius 1 is 1.41 bits per heavy atom. The molecule has 1 aliphatic rings. The maximum atomic E-state index is 12.7. The Labute approximate surface area is 134 Å². The Balaban J connectivity index is 1.90. The average Bonchev–Trinajstić information content (AvgIpc) is 2.82. The maximum Gasteiger partial charge on any atom is 0.259 e. The molecule has 5 heteroatoms. The number of hydrogen-bond acceptors (Lipinski definition) is 4. The fourth-order valence-corrected chi connectivity index (χ4v) is 4.23. The van der Waals surface area contributed by atoms with Crippen molar-refractivity contribution in [3.8, 4) is 5.75 Å². The third kappa shape index (κ3) is 2.68. The predicted molar refractivity (Wildman–Crippen MR) is 90.9 cm³/mol. The number of fused-ring (bicyclic) bond motifs is 1. The molecule has 1 amide bonds. The minimum Gasteiger partial charge on any atom is -0.495 e. The summed E-state index contributed by atoms with van der Waals surface area (Å²) in [5, 5.41) is 3.55. The molecule has 2 aromatic rings. The molecule has 0 saturated heterocycles. The highest BCUT2D eigenvalue weighted by Crippen LogP contribution is 2.38. The molecule has 3 N–H and O–H groups in total. The molecule has 0 fully saturated rings. The molecule has 22 heavy (non-hydrogen) atoms. The third-order valence-corrected chi connectivity index (χ3v) is 5.20. The Kier molecular flexibility index (Phi) is 4.07. The van der Waals surface area contributed by atoms with E-state index in [-0.39, 0.29) is 5.91 Å². The number of benzene rings is 1. The van der Waals surface area contributed by atoms with Crippen molar-refractivity contribution in [2.75, 3.05) is 18.2 Å². The van der Waals surface area contributed by atoms with E-state index in [4.69, 9.17) is 10.5 Å². The first kappa shape index (κ1) is 14.9. The number of nitrogen functional groups attached to an aromatic ring is 1. The van der Waals surface area contributed by atoms with Crippen LogP contribution in [0, 0.1) is 5.92 Å². The van der Waals surface area contributed by atoms with Crippen LogP contribution in [0.5, 0.6) is 5.75 Å². The van der Waals surface area contributed by atoms with Crippen molar-refractivity contribution >= 4 is 27.9 Å². The lowest BCUT2D eigenvalue weighted by molar-refractivity contribution is 0.102. The van der Waals surface area contributed by atoms with E-state index in [9.17, 15) is 4.79 Å². The number of methoxy groups -OCH3 is 1. The molecule has 1 aromatic heterocycles. The van der Waals surface area contributed by atoms with E-state index in [1.807, 2.05) is 24.3 Å². The minimum atomic E-state index is -0.144. The van der Waals surface area contributed by atoms with Gasteiger partial charge in [0.25, 0.3) is 5.91 Å². The highest BCUT2D eigenvalue weighted by atomic mass is 32.1. The van der Waals surface area contributed by atoms with Crippen LogP contribution < -0.4 is 15.8 Å². The SMILES string of the molecule is COc1ccccc1NC(=O)c1c(N)sc2c1CC[C@@H](C)C2. The number of carbonyl (C=O) groups excluding carboxylic acids is 1. The van der Waals surface area contributed by atoms with Crippen LogP contribution in [-0.4, -0.2) is 13.0 Å². The van der Waals surface area contributed by atoms with Gasteiger partial charge in [0.05, 0.1) is 23.4 Å². The number of amides is 1. The van der Waals surface area contributed by atoms with Gasteiger partial charge in [-0.15, -0.1) is 11.3 Å². The van der Waals surface area contributed by atoms with Crippen molar-refractivity contribution in [1.82, 2.24) is 0 Å². The van der Waals surface area contributed by atoms with Crippen molar-refractivity contribution < 1.29 is 9.53 Å². The minimum absolute atomic E-state index is 0.144. The van der Waals surface area contributed by atoms with E-state index in [2.05, 4.69) is 12.2 Å². The molecule has 0 radical (unpaired) electrons. The third-order valence-electron chi connectivity index (χ3n) is 4.12. The van der Waals surface area contributed by atoms with Gasteiger partial charge in [-0.2, -0.15) is 0 Å². The molecule has 0 unspecified atom stereocenters. The Hall–Kier alpha value is -2.01. The van der Waals surface area contributed by atoms with E-state index in [1.165, 1.54) is 4.88 Å². The van der Waals surface area contributed by atoms with Gasteiger partial charge in [0.1, 0.15) is 5.75 Å². The highest BCUT2D eigenvalue weighted by Gasteiger charge is 2.26. The molecule has 1 atom stereocenters. The van der Waals surface area contributed by atoms with Crippen LogP contribution in [0.15, 0.2) is 24.3 Å². The number of thiophene rings is 1. The number of para-hydroxylation sites is 2. The van der Waals surface area contributed by atoms with Crippen molar-refractivity contribution in [2.45, 2.75) is 26.2 Å². The van der Waals surface area contributed by atoms with Gasteiger partial charge in [-0.3, -0.25) is 4.79 Å². The van der Waals surface area contributed by atoms with Gasteiger partial charge in [-0.25, -0.2) is 0 Å². The summed E-state index contributed by atoms with van der Waals surface area (Å²) in [5.41, 5.74) is 8.57. The maximum absolute atomic E-state index is 12.7. The van der Waals surface area contributed by atoms with Gasteiger partial charge < -0.3 is 15.8 Å². The number of rotatable bonds is 3. The first-order valence-corrected chi connectivity index (χ1v) is 8.26. The molecule has 0 spiro atoms. The van der Waals surface area contributed by atoms with Crippen molar-refractivity contribution in [3.05, 3.63) is 40.3 Å². The lowest BCUT2D eigenvalue weighted by Crippen LogP contribution is -2.17. The second kappa shape index (κ2) is 6.01. The topological polar surface area (TPSA) is 64.3 Å². The number of anilines is 2.